The van der Waals surface area contributed by atoms with Crippen LogP contribution in [-0.2, 0) is 10.0 Å². The third-order valence-electron chi connectivity index (χ3n) is 2.16. The number of aryl methyl sites for hydroxylation is 1. The van der Waals surface area contributed by atoms with Gasteiger partial charge in [-0.25, -0.2) is 13.1 Å². The van der Waals surface area contributed by atoms with Crippen LogP contribution in [0.1, 0.15) is 12.5 Å². The Hall–Kier alpha value is -0.520. The molecule has 0 aliphatic rings. The first kappa shape index (κ1) is 13.5. The molecule has 0 heterocycles. The lowest BCUT2D eigenvalue weighted by Crippen LogP contribution is -2.34. The number of rotatable bonds is 5. The van der Waals surface area contributed by atoms with Gasteiger partial charge in [0.1, 0.15) is 0 Å². The van der Waals surface area contributed by atoms with Gasteiger partial charge in [0.2, 0.25) is 10.0 Å². The second-order valence-electron chi connectivity index (χ2n) is 3.74. The highest BCUT2D eigenvalue weighted by molar-refractivity contribution is 7.98. The average molecular weight is 259 g/mol. The maximum atomic E-state index is 12.0. The van der Waals surface area contributed by atoms with Crippen LogP contribution in [0.15, 0.2) is 29.2 Å². The second kappa shape index (κ2) is 5.70. The molecule has 0 spiro atoms. The fraction of sp³-hybridized carbons (Fsp3) is 0.455. The molecular weight excluding hydrogens is 242 g/mol. The Morgan fingerprint density at radius 1 is 1.38 bits per heavy atom. The molecule has 16 heavy (non-hydrogen) atoms. The lowest BCUT2D eigenvalue weighted by molar-refractivity contribution is 0.570. The van der Waals surface area contributed by atoms with Gasteiger partial charge in [0.15, 0.2) is 0 Å². The zero-order chi connectivity index (χ0) is 12.2. The van der Waals surface area contributed by atoms with Gasteiger partial charge in [-0.2, -0.15) is 11.8 Å². The molecule has 1 rings (SSSR count). The summed E-state index contributed by atoms with van der Waals surface area (Å²) in [6.07, 6.45) is 1.96. The molecule has 90 valence electrons. The van der Waals surface area contributed by atoms with E-state index in [4.69, 9.17) is 0 Å². The number of thioether (sulfide) groups is 1. The van der Waals surface area contributed by atoms with Crippen LogP contribution < -0.4 is 4.72 Å². The van der Waals surface area contributed by atoms with Crippen molar-refractivity contribution in [1.82, 2.24) is 4.72 Å². The van der Waals surface area contributed by atoms with E-state index in [0.717, 1.165) is 11.3 Å². The highest BCUT2D eigenvalue weighted by Gasteiger charge is 2.18. The SMILES string of the molecule is CSCC(C)NS(=O)(=O)c1ccccc1C. The monoisotopic (exact) mass is 259 g/mol. The van der Waals surface area contributed by atoms with E-state index in [0.29, 0.717) is 4.90 Å². The average Bonchev–Trinajstić information content (AvgIpc) is 2.17. The Bertz CT molecular complexity index is 443. The van der Waals surface area contributed by atoms with Crippen LogP contribution in [0, 0.1) is 6.92 Å². The smallest absolute Gasteiger partial charge is 0.208 e. The van der Waals surface area contributed by atoms with Crippen LogP contribution in [0.3, 0.4) is 0 Å². The van der Waals surface area contributed by atoms with Crippen molar-refractivity contribution in [3.05, 3.63) is 29.8 Å². The number of hydrogen-bond acceptors (Lipinski definition) is 3. The molecular formula is C11H17NO2S2. The Labute approximate surface area is 102 Å². The third kappa shape index (κ3) is 3.50. The van der Waals surface area contributed by atoms with Crippen LogP contribution in [0.25, 0.3) is 0 Å². The van der Waals surface area contributed by atoms with Crippen LogP contribution in [0.2, 0.25) is 0 Å². The van der Waals surface area contributed by atoms with Gasteiger partial charge < -0.3 is 0 Å². The van der Waals surface area contributed by atoms with E-state index < -0.39 is 10.0 Å². The maximum Gasteiger partial charge on any atom is 0.241 e. The molecule has 0 aromatic heterocycles. The van der Waals surface area contributed by atoms with E-state index >= 15 is 0 Å². The molecule has 0 fully saturated rings. The van der Waals surface area contributed by atoms with Crippen molar-refractivity contribution in [2.24, 2.45) is 0 Å². The van der Waals surface area contributed by atoms with E-state index in [2.05, 4.69) is 4.72 Å². The van der Waals surface area contributed by atoms with Crippen molar-refractivity contribution < 1.29 is 8.42 Å². The van der Waals surface area contributed by atoms with Gasteiger partial charge >= 0.3 is 0 Å². The number of sulfonamides is 1. The zero-order valence-electron chi connectivity index (χ0n) is 9.73. The summed E-state index contributed by atoms with van der Waals surface area (Å²) in [6.45, 7) is 3.67. The summed E-state index contributed by atoms with van der Waals surface area (Å²) in [4.78, 5) is 0.364. The lowest BCUT2D eigenvalue weighted by Gasteiger charge is -2.14. The van der Waals surface area contributed by atoms with Gasteiger partial charge in [-0.05, 0) is 31.7 Å². The number of hydrogen-bond donors (Lipinski definition) is 1. The Morgan fingerprint density at radius 3 is 2.56 bits per heavy atom. The van der Waals surface area contributed by atoms with E-state index in [1.165, 1.54) is 0 Å². The minimum Gasteiger partial charge on any atom is -0.208 e. The van der Waals surface area contributed by atoms with Gasteiger partial charge in [0.05, 0.1) is 4.90 Å². The van der Waals surface area contributed by atoms with Crippen LogP contribution in [0.4, 0.5) is 0 Å². The molecule has 1 aromatic carbocycles. The molecule has 1 N–H and O–H groups in total. The summed E-state index contributed by atoms with van der Waals surface area (Å²) in [5.41, 5.74) is 0.770. The summed E-state index contributed by atoms with van der Waals surface area (Å²) in [6, 6.07) is 6.94. The van der Waals surface area contributed by atoms with Crippen molar-refractivity contribution in [1.29, 1.82) is 0 Å². The van der Waals surface area contributed by atoms with Crippen LogP contribution in [0.5, 0.6) is 0 Å². The number of benzene rings is 1. The summed E-state index contributed by atoms with van der Waals surface area (Å²) in [5.74, 6) is 0.769. The largest absolute Gasteiger partial charge is 0.241 e. The molecule has 0 saturated heterocycles. The first-order valence-electron chi connectivity index (χ1n) is 5.04. The molecule has 0 radical (unpaired) electrons. The fourth-order valence-electron chi connectivity index (χ4n) is 1.47. The molecule has 0 bridgehead atoms. The molecule has 0 saturated carbocycles. The predicted octanol–water partition coefficient (Wildman–Crippen LogP) is 2.02. The molecule has 1 unspecified atom stereocenters. The van der Waals surface area contributed by atoms with Gasteiger partial charge in [-0.15, -0.1) is 0 Å². The summed E-state index contributed by atoms with van der Waals surface area (Å²) in [7, 11) is -3.38. The van der Waals surface area contributed by atoms with Crippen LogP contribution >= 0.6 is 11.8 Å². The van der Waals surface area contributed by atoms with Crippen molar-refractivity contribution in [3.63, 3.8) is 0 Å². The quantitative estimate of drug-likeness (QED) is 0.880. The minimum atomic E-state index is -3.38. The Balaban J connectivity index is 2.91. The van der Waals surface area contributed by atoms with E-state index in [1.807, 2.05) is 19.2 Å². The summed E-state index contributed by atoms with van der Waals surface area (Å²) >= 11 is 1.62. The first-order valence-corrected chi connectivity index (χ1v) is 7.92. The molecule has 3 nitrogen and oxygen atoms in total. The molecule has 1 atom stereocenters. The minimum absolute atomic E-state index is 0.0559. The molecule has 0 amide bonds. The molecule has 1 aromatic rings. The second-order valence-corrected chi connectivity index (χ2v) is 6.34. The summed E-state index contributed by atoms with van der Waals surface area (Å²) in [5, 5.41) is 0. The number of nitrogens with one attached hydrogen (secondary N) is 1. The highest BCUT2D eigenvalue weighted by Crippen LogP contribution is 2.14. The van der Waals surface area contributed by atoms with Crippen molar-refractivity contribution >= 4 is 21.8 Å². The van der Waals surface area contributed by atoms with Gasteiger partial charge in [-0.1, -0.05) is 18.2 Å². The third-order valence-corrected chi connectivity index (χ3v) is 4.74. The predicted molar refractivity (Wildman–Crippen MR) is 69.3 cm³/mol. The van der Waals surface area contributed by atoms with Gasteiger partial charge in [0, 0.05) is 11.8 Å². The molecule has 0 aliphatic heterocycles. The normalized spacial score (nSPS) is 13.7. The highest BCUT2D eigenvalue weighted by atomic mass is 32.2. The van der Waals surface area contributed by atoms with Crippen molar-refractivity contribution in [2.75, 3.05) is 12.0 Å². The van der Waals surface area contributed by atoms with Gasteiger partial charge in [0.25, 0.3) is 0 Å². The first-order chi connectivity index (χ1) is 7.47. The molecule has 5 heteroatoms. The fourth-order valence-corrected chi connectivity index (χ4v) is 3.65. The standard InChI is InChI=1S/C11H17NO2S2/c1-9-6-4-5-7-11(9)16(13,14)12-10(2)8-15-3/h4-7,10,12H,8H2,1-3H3. The maximum absolute atomic E-state index is 12.0. The topological polar surface area (TPSA) is 46.2 Å². The summed E-state index contributed by atoms with van der Waals surface area (Å²) < 4.78 is 26.7. The van der Waals surface area contributed by atoms with E-state index in [9.17, 15) is 8.42 Å². The Morgan fingerprint density at radius 2 is 2.00 bits per heavy atom. The van der Waals surface area contributed by atoms with Gasteiger partial charge in [-0.3, -0.25) is 0 Å². The Kier molecular flexibility index (Phi) is 4.83. The molecule has 0 aliphatic carbocycles. The lowest BCUT2D eigenvalue weighted by atomic mass is 10.2. The van der Waals surface area contributed by atoms with Crippen molar-refractivity contribution in [2.45, 2.75) is 24.8 Å². The van der Waals surface area contributed by atoms with Crippen molar-refractivity contribution in [3.8, 4) is 0 Å². The van der Waals surface area contributed by atoms with E-state index in [1.54, 1.807) is 36.9 Å². The van der Waals surface area contributed by atoms with Crippen LogP contribution in [-0.4, -0.2) is 26.5 Å². The van der Waals surface area contributed by atoms with E-state index in [-0.39, 0.29) is 6.04 Å². The zero-order valence-corrected chi connectivity index (χ0v) is 11.4.